The summed E-state index contributed by atoms with van der Waals surface area (Å²) in [6.45, 7) is 4.81. The number of carbonyl (C=O) groups excluding carboxylic acids is 2. The summed E-state index contributed by atoms with van der Waals surface area (Å²) in [5.41, 5.74) is 0.944. The lowest BCUT2D eigenvalue weighted by Gasteiger charge is -2.38. The number of esters is 1. The number of nitrogens with two attached hydrogens (primary N) is 1. The monoisotopic (exact) mass is 617 g/mol. The second-order valence-electron chi connectivity index (χ2n) is 11.2. The molecule has 3 rings (SSSR count). The van der Waals surface area contributed by atoms with Crippen LogP contribution in [0.1, 0.15) is 56.2 Å². The fourth-order valence-electron chi connectivity index (χ4n) is 5.36. The molecule has 5 atom stereocenters. The molecule has 1 aliphatic heterocycles. The van der Waals surface area contributed by atoms with E-state index in [0.717, 1.165) is 18.2 Å². The van der Waals surface area contributed by atoms with Crippen molar-refractivity contribution in [1.29, 1.82) is 5.26 Å². The third-order valence-corrected chi connectivity index (χ3v) is 7.42. The van der Waals surface area contributed by atoms with E-state index in [1.807, 2.05) is 20.8 Å². The Bertz CT molecular complexity index is 1360. The number of nitrogens with one attached hydrogen (secondary N) is 1. The molecule has 0 aromatic heterocycles. The predicted molar refractivity (Wildman–Crippen MR) is 143 cm³/mol. The Balaban J connectivity index is 2.31. The van der Waals surface area contributed by atoms with Gasteiger partial charge >= 0.3 is 12.1 Å². The van der Waals surface area contributed by atoms with Gasteiger partial charge in [0.1, 0.15) is 23.9 Å². The highest BCUT2D eigenvalue weighted by molar-refractivity contribution is 6.31. The summed E-state index contributed by atoms with van der Waals surface area (Å²) in [5.74, 6) is -4.05. The molecule has 1 heterocycles. The van der Waals surface area contributed by atoms with E-state index in [1.165, 1.54) is 12.1 Å². The smallest absolute Gasteiger partial charge is 0.416 e. The Labute approximate surface area is 244 Å². The number of alkyl halides is 3. The van der Waals surface area contributed by atoms with Crippen LogP contribution in [0.4, 0.5) is 17.6 Å². The van der Waals surface area contributed by atoms with Crippen LogP contribution in [0.3, 0.4) is 0 Å². The second kappa shape index (κ2) is 12.1. The molecule has 222 valence electrons. The number of hydrogen-bond acceptors (Lipinski definition) is 6. The lowest BCUT2D eigenvalue weighted by Crippen LogP contribution is -2.45. The number of rotatable bonds is 8. The first-order chi connectivity index (χ1) is 18.9. The molecule has 0 unspecified atom stereocenters. The molecule has 7 nitrogen and oxygen atoms in total. The Hall–Kier alpha value is -2.91. The number of aliphatic hydroxyl groups is 1. The van der Waals surface area contributed by atoms with E-state index in [2.05, 4.69) is 11.4 Å². The van der Waals surface area contributed by atoms with Gasteiger partial charge in [-0.1, -0.05) is 56.1 Å². The number of amides is 1. The molecule has 0 saturated carbocycles. The molecule has 1 saturated heterocycles. The summed E-state index contributed by atoms with van der Waals surface area (Å²) < 4.78 is 62.8. The van der Waals surface area contributed by atoms with Crippen molar-refractivity contribution < 1.29 is 37.0 Å². The van der Waals surface area contributed by atoms with Crippen LogP contribution in [-0.4, -0.2) is 41.8 Å². The minimum Gasteiger partial charge on any atom is -0.462 e. The van der Waals surface area contributed by atoms with E-state index < -0.39 is 83.0 Å². The van der Waals surface area contributed by atoms with Gasteiger partial charge in [0, 0.05) is 17.0 Å². The average Bonchev–Trinajstić information content (AvgIpc) is 3.16. The van der Waals surface area contributed by atoms with Crippen molar-refractivity contribution in [3.05, 3.63) is 69.0 Å². The molecule has 0 spiro atoms. The summed E-state index contributed by atoms with van der Waals surface area (Å²) in [4.78, 5) is 24.6. The lowest BCUT2D eigenvalue weighted by molar-refractivity contribution is -0.150. The van der Waals surface area contributed by atoms with Gasteiger partial charge < -0.3 is 15.6 Å². The average molecular weight is 618 g/mol. The summed E-state index contributed by atoms with van der Waals surface area (Å²) in [5, 5.41) is 23.3. The first kappa shape index (κ1) is 32.6. The molecule has 0 bridgehead atoms. The van der Waals surface area contributed by atoms with Gasteiger partial charge in [0.2, 0.25) is 5.91 Å². The van der Waals surface area contributed by atoms with Gasteiger partial charge in [0.15, 0.2) is 0 Å². The molecule has 2 aromatic rings. The molecular formula is C28H29Cl2F4N3O4. The first-order valence-electron chi connectivity index (χ1n) is 12.5. The maximum atomic E-state index is 14.5. The summed E-state index contributed by atoms with van der Waals surface area (Å²) >= 11 is 12.0. The van der Waals surface area contributed by atoms with Crippen molar-refractivity contribution in [2.75, 3.05) is 6.61 Å². The van der Waals surface area contributed by atoms with Crippen molar-refractivity contribution in [2.45, 2.75) is 69.3 Å². The number of benzene rings is 2. The largest absolute Gasteiger partial charge is 0.462 e. The maximum Gasteiger partial charge on any atom is 0.416 e. The summed E-state index contributed by atoms with van der Waals surface area (Å²) in [6.07, 6.45) is -6.74. The summed E-state index contributed by atoms with van der Waals surface area (Å²) in [6, 6.07) is 6.02. The van der Waals surface area contributed by atoms with Crippen LogP contribution in [0, 0.1) is 22.6 Å². The topological polar surface area (TPSA) is 125 Å². The Morgan fingerprint density at radius 1 is 1.20 bits per heavy atom. The molecular weight excluding hydrogens is 589 g/mol. The maximum absolute atomic E-state index is 14.5. The predicted octanol–water partition coefficient (Wildman–Crippen LogP) is 5.25. The normalized spacial score (nSPS) is 23.6. The van der Waals surface area contributed by atoms with Crippen LogP contribution in [0.2, 0.25) is 10.0 Å². The van der Waals surface area contributed by atoms with Gasteiger partial charge in [-0.3, -0.25) is 14.9 Å². The van der Waals surface area contributed by atoms with Crippen molar-refractivity contribution >= 4 is 35.1 Å². The highest BCUT2D eigenvalue weighted by atomic mass is 35.5. The van der Waals surface area contributed by atoms with Gasteiger partial charge in [-0.2, -0.15) is 18.4 Å². The van der Waals surface area contributed by atoms with Crippen LogP contribution in [0.5, 0.6) is 0 Å². The Morgan fingerprint density at radius 3 is 2.39 bits per heavy atom. The van der Waals surface area contributed by atoms with Crippen LogP contribution in [0.25, 0.3) is 0 Å². The van der Waals surface area contributed by atoms with Crippen LogP contribution in [0.15, 0.2) is 36.4 Å². The highest BCUT2D eigenvalue weighted by Gasteiger charge is 2.62. The zero-order chi connectivity index (χ0) is 30.9. The fourth-order valence-corrected chi connectivity index (χ4v) is 5.72. The van der Waals surface area contributed by atoms with Crippen molar-refractivity contribution in [3.8, 4) is 6.07 Å². The molecule has 0 radical (unpaired) electrons. The fraction of sp³-hybridized carbons (Fsp3) is 0.464. The third kappa shape index (κ3) is 7.12. The van der Waals surface area contributed by atoms with Gasteiger partial charge in [-0.05, 0) is 47.2 Å². The van der Waals surface area contributed by atoms with Gasteiger partial charge in [-0.25, -0.2) is 4.39 Å². The number of carbonyl (C=O) groups is 2. The molecule has 2 aromatic carbocycles. The van der Waals surface area contributed by atoms with Crippen LogP contribution < -0.4 is 11.1 Å². The van der Waals surface area contributed by atoms with E-state index in [9.17, 15) is 37.5 Å². The zero-order valence-corrected chi connectivity index (χ0v) is 23.9. The lowest BCUT2D eigenvalue weighted by atomic mass is 9.62. The minimum absolute atomic E-state index is 0.101. The standard InChI is InChI=1S/C28H29Cl2F4N3O4/c1-26(2,3)11-21-27(13-35,17-6-5-15(29)9-18(17)28(32,33)34)23(14-4-7-20(31)19(30)8-14)24(37-21)25(40)41-12-16(38)10-22(36)39/h4-9,16,21,23-24,37-38H,10-12H2,1-3H3,(H2,36,39)/t16-,21-,23-,24+,27-/m0/s1. The zero-order valence-electron chi connectivity index (χ0n) is 22.4. The van der Waals surface area contributed by atoms with E-state index in [4.69, 9.17) is 33.7 Å². The van der Waals surface area contributed by atoms with Crippen LogP contribution >= 0.6 is 23.2 Å². The Kier molecular flexibility index (Phi) is 9.65. The van der Waals surface area contributed by atoms with Crippen molar-refractivity contribution in [1.82, 2.24) is 5.32 Å². The number of primary amides is 1. The van der Waals surface area contributed by atoms with E-state index >= 15 is 0 Å². The van der Waals surface area contributed by atoms with Gasteiger partial charge in [0.25, 0.3) is 0 Å². The van der Waals surface area contributed by atoms with E-state index in [-0.39, 0.29) is 22.0 Å². The number of hydrogen-bond donors (Lipinski definition) is 3. The number of halogens is 6. The quantitative estimate of drug-likeness (QED) is 0.274. The molecule has 1 fully saturated rings. The van der Waals surface area contributed by atoms with E-state index in [0.29, 0.717) is 6.07 Å². The molecule has 1 amide bonds. The number of nitrogens with zero attached hydrogens (tertiary/aromatic N) is 1. The summed E-state index contributed by atoms with van der Waals surface area (Å²) in [7, 11) is 0. The molecule has 0 aliphatic carbocycles. The SMILES string of the molecule is CC(C)(C)C[C@@H]1N[C@@H](C(=O)OC[C@@H](O)CC(N)=O)[C@H](c2ccc(F)c(Cl)c2)[C@@]1(C#N)c1ccc(Cl)cc1C(F)(F)F. The molecule has 4 N–H and O–H groups in total. The highest BCUT2D eigenvalue weighted by Crippen LogP contribution is 2.54. The van der Waals surface area contributed by atoms with E-state index in [1.54, 1.807) is 0 Å². The third-order valence-electron chi connectivity index (χ3n) is 6.90. The Morgan fingerprint density at radius 2 is 1.85 bits per heavy atom. The number of aliphatic hydroxyl groups excluding tert-OH is 1. The molecule has 41 heavy (non-hydrogen) atoms. The number of nitriles is 1. The number of ether oxygens (including phenoxy) is 1. The minimum atomic E-state index is -4.93. The van der Waals surface area contributed by atoms with Gasteiger partial charge in [-0.15, -0.1) is 0 Å². The van der Waals surface area contributed by atoms with Crippen molar-refractivity contribution in [3.63, 3.8) is 0 Å². The molecule has 1 aliphatic rings. The second-order valence-corrected chi connectivity index (χ2v) is 12.1. The van der Waals surface area contributed by atoms with Crippen LogP contribution in [-0.2, 0) is 25.9 Å². The van der Waals surface area contributed by atoms with Crippen molar-refractivity contribution in [2.24, 2.45) is 11.1 Å². The molecule has 13 heteroatoms. The van der Waals surface area contributed by atoms with Gasteiger partial charge in [0.05, 0.1) is 29.2 Å². The first-order valence-corrected chi connectivity index (χ1v) is 13.3.